The smallest absolute Gasteiger partial charge is 0.339 e. The number of hydrogen-bond acceptors (Lipinski definition) is 13. The Kier molecular flexibility index (Phi) is 6.23. The maximum Gasteiger partial charge on any atom is 0.339 e. The van der Waals surface area contributed by atoms with E-state index >= 15 is 0 Å². The number of rotatable bonds is 5. The molecule has 0 aliphatic carbocycles. The molecular formula is C22H22O13. The second-order valence-corrected chi connectivity index (χ2v) is 7.79. The first-order valence-corrected chi connectivity index (χ1v) is 10.2. The van der Waals surface area contributed by atoms with Crippen molar-refractivity contribution in [3.8, 4) is 34.5 Å². The van der Waals surface area contributed by atoms with Crippen LogP contribution in [-0.2, 0) is 14.2 Å². The Labute approximate surface area is 197 Å². The first kappa shape index (κ1) is 24.2. The Morgan fingerprint density at radius 1 is 1.00 bits per heavy atom. The maximum absolute atomic E-state index is 13.0. The minimum Gasteiger partial charge on any atom is -0.504 e. The molecule has 1 saturated heterocycles. The lowest BCUT2D eigenvalue weighted by atomic mass is 9.86. The summed E-state index contributed by atoms with van der Waals surface area (Å²) in [6, 6.07) is 3.17. The molecule has 0 unspecified atom stereocenters. The van der Waals surface area contributed by atoms with Crippen LogP contribution in [0, 0.1) is 0 Å². The maximum atomic E-state index is 13.0. The van der Waals surface area contributed by atoms with Gasteiger partial charge in [0.05, 0.1) is 32.0 Å². The third kappa shape index (κ3) is 3.88. The molecule has 1 fully saturated rings. The van der Waals surface area contributed by atoms with E-state index in [1.807, 2.05) is 0 Å². The second-order valence-electron chi connectivity index (χ2n) is 7.79. The van der Waals surface area contributed by atoms with Crippen molar-refractivity contribution in [1.29, 1.82) is 0 Å². The Hall–Kier alpha value is -3.94. The summed E-state index contributed by atoms with van der Waals surface area (Å²) in [6.07, 6.45) is -7.52. The molecule has 0 amide bonds. The Morgan fingerprint density at radius 3 is 2.20 bits per heavy atom. The first-order valence-electron chi connectivity index (χ1n) is 10.2. The summed E-state index contributed by atoms with van der Waals surface area (Å²) >= 11 is 0. The average molecular weight is 494 g/mol. The standard InChI is InChI=1S/C22H22O13/c1-31-10-3-7(4-11(32-2)15(10)26)21(29)34-19-16(27)12(6-23)33-18-13-8(22(30)35-20(18)19)5-9(24)14(25)17(13)28/h3-5,12,16,18-20,23-28H,6H2,1-2H3/t12-,16-,18+,19+,20+/m0/s1. The van der Waals surface area contributed by atoms with E-state index < -0.39 is 66.3 Å². The van der Waals surface area contributed by atoms with E-state index in [1.54, 1.807) is 0 Å². The predicted octanol–water partition coefficient (Wildman–Crippen LogP) is 0.0839. The summed E-state index contributed by atoms with van der Waals surface area (Å²) in [6.45, 7) is -0.743. The summed E-state index contributed by atoms with van der Waals surface area (Å²) in [7, 11) is 2.50. The lowest BCUT2D eigenvalue weighted by molar-refractivity contribution is -0.235. The van der Waals surface area contributed by atoms with Crippen LogP contribution in [-0.4, -0.2) is 87.8 Å². The van der Waals surface area contributed by atoms with Gasteiger partial charge < -0.3 is 54.3 Å². The van der Waals surface area contributed by atoms with Crippen LogP contribution in [0.1, 0.15) is 32.4 Å². The summed E-state index contributed by atoms with van der Waals surface area (Å²) in [5.41, 5.74) is -0.758. The Bertz CT molecular complexity index is 1150. The summed E-state index contributed by atoms with van der Waals surface area (Å²) < 4.78 is 26.4. The zero-order valence-corrected chi connectivity index (χ0v) is 18.4. The number of benzene rings is 2. The summed E-state index contributed by atoms with van der Waals surface area (Å²) in [5, 5.41) is 60.6. The molecule has 0 saturated carbocycles. The lowest BCUT2D eigenvalue weighted by Crippen LogP contribution is -2.59. The molecule has 0 spiro atoms. The first-order chi connectivity index (χ1) is 16.6. The van der Waals surface area contributed by atoms with Crippen molar-refractivity contribution in [3.05, 3.63) is 34.9 Å². The average Bonchev–Trinajstić information content (AvgIpc) is 2.84. The van der Waals surface area contributed by atoms with Crippen LogP contribution < -0.4 is 9.47 Å². The summed E-state index contributed by atoms with van der Waals surface area (Å²) in [4.78, 5) is 25.6. The zero-order valence-electron chi connectivity index (χ0n) is 18.4. The Morgan fingerprint density at radius 2 is 1.63 bits per heavy atom. The summed E-state index contributed by atoms with van der Waals surface area (Å²) in [5.74, 6) is -5.26. The van der Waals surface area contributed by atoms with Crippen molar-refractivity contribution in [2.75, 3.05) is 20.8 Å². The lowest BCUT2D eigenvalue weighted by Gasteiger charge is -2.45. The normalized spacial score (nSPS) is 25.1. The number of fused-ring (bicyclic) bond motifs is 3. The fraction of sp³-hybridized carbons (Fsp3) is 0.364. The van der Waals surface area contributed by atoms with E-state index in [0.717, 1.165) is 18.2 Å². The molecule has 0 aromatic heterocycles. The van der Waals surface area contributed by atoms with Crippen LogP contribution in [0.4, 0.5) is 0 Å². The van der Waals surface area contributed by atoms with Crippen molar-refractivity contribution >= 4 is 11.9 Å². The van der Waals surface area contributed by atoms with E-state index in [1.165, 1.54) is 14.2 Å². The molecule has 2 aliphatic heterocycles. The Balaban J connectivity index is 1.74. The molecule has 2 aromatic rings. The van der Waals surface area contributed by atoms with Crippen molar-refractivity contribution in [1.82, 2.24) is 0 Å². The predicted molar refractivity (Wildman–Crippen MR) is 112 cm³/mol. The van der Waals surface area contributed by atoms with E-state index in [9.17, 15) is 40.2 Å². The number of aliphatic hydroxyl groups excluding tert-OH is 2. The molecule has 13 nitrogen and oxygen atoms in total. The van der Waals surface area contributed by atoms with Gasteiger partial charge in [-0.2, -0.15) is 0 Å². The third-order valence-corrected chi connectivity index (χ3v) is 5.84. The van der Waals surface area contributed by atoms with Crippen molar-refractivity contribution in [3.63, 3.8) is 0 Å². The number of carbonyl (C=O) groups excluding carboxylic acids is 2. The number of phenols is 4. The van der Waals surface area contributed by atoms with E-state index in [0.29, 0.717) is 0 Å². The zero-order chi connectivity index (χ0) is 25.6. The molecule has 4 rings (SSSR count). The number of phenolic OH excluding ortho intramolecular Hbond substituents is 4. The second kappa shape index (κ2) is 9.02. The molecule has 0 bridgehead atoms. The van der Waals surface area contributed by atoms with Crippen molar-refractivity contribution in [2.45, 2.75) is 30.5 Å². The van der Waals surface area contributed by atoms with E-state index in [-0.39, 0.29) is 33.9 Å². The minimum atomic E-state index is -1.67. The van der Waals surface area contributed by atoms with Crippen LogP contribution in [0.5, 0.6) is 34.5 Å². The van der Waals surface area contributed by atoms with Gasteiger partial charge in [0.15, 0.2) is 35.2 Å². The van der Waals surface area contributed by atoms with E-state index in [4.69, 9.17) is 23.7 Å². The number of carbonyl (C=O) groups is 2. The van der Waals surface area contributed by atoms with E-state index in [2.05, 4.69) is 0 Å². The monoisotopic (exact) mass is 494 g/mol. The van der Waals surface area contributed by atoms with Gasteiger partial charge in [0.1, 0.15) is 18.3 Å². The highest BCUT2D eigenvalue weighted by atomic mass is 16.6. The number of methoxy groups -OCH3 is 2. The molecular weight excluding hydrogens is 472 g/mol. The number of aliphatic hydroxyl groups is 2. The van der Waals surface area contributed by atoms with Crippen LogP contribution in [0.3, 0.4) is 0 Å². The van der Waals surface area contributed by atoms with Gasteiger partial charge >= 0.3 is 11.9 Å². The van der Waals surface area contributed by atoms with Gasteiger partial charge in [-0.15, -0.1) is 0 Å². The van der Waals surface area contributed by atoms with Gasteiger partial charge in [0.25, 0.3) is 0 Å². The highest BCUT2D eigenvalue weighted by molar-refractivity contribution is 5.95. The highest BCUT2D eigenvalue weighted by Gasteiger charge is 2.54. The molecule has 13 heteroatoms. The van der Waals surface area contributed by atoms with Gasteiger partial charge in [-0.3, -0.25) is 0 Å². The molecule has 188 valence electrons. The number of hydrogen-bond donors (Lipinski definition) is 6. The SMILES string of the molecule is COc1cc(C(=O)O[C@@H]2[C@@H](O)[C@H](CO)O[C@@H]3c4c(cc(O)c(O)c4O)C(=O)O[C@@H]23)cc(OC)c1O. The van der Waals surface area contributed by atoms with Crippen LogP contribution >= 0.6 is 0 Å². The van der Waals surface area contributed by atoms with Crippen molar-refractivity contribution < 1.29 is 63.9 Å². The number of ether oxygens (including phenoxy) is 5. The van der Waals surface area contributed by atoms with Gasteiger partial charge in [-0.05, 0) is 18.2 Å². The number of aromatic hydroxyl groups is 4. The molecule has 2 heterocycles. The fourth-order valence-electron chi connectivity index (χ4n) is 4.08. The molecule has 2 aliphatic rings. The van der Waals surface area contributed by atoms with Gasteiger partial charge in [0, 0.05) is 5.56 Å². The third-order valence-electron chi connectivity index (χ3n) is 5.84. The van der Waals surface area contributed by atoms with Crippen LogP contribution in [0.15, 0.2) is 18.2 Å². The fourth-order valence-corrected chi connectivity index (χ4v) is 4.08. The molecule has 0 radical (unpaired) electrons. The largest absolute Gasteiger partial charge is 0.504 e. The highest BCUT2D eigenvalue weighted by Crippen LogP contribution is 2.50. The topological polar surface area (TPSA) is 202 Å². The van der Waals surface area contributed by atoms with Crippen LogP contribution in [0.25, 0.3) is 0 Å². The molecule has 5 atom stereocenters. The molecule has 2 aromatic carbocycles. The van der Waals surface area contributed by atoms with Gasteiger partial charge in [0.2, 0.25) is 11.5 Å². The number of esters is 2. The van der Waals surface area contributed by atoms with Crippen LogP contribution in [0.2, 0.25) is 0 Å². The van der Waals surface area contributed by atoms with Gasteiger partial charge in [-0.1, -0.05) is 0 Å². The quantitative estimate of drug-likeness (QED) is 0.241. The minimum absolute atomic E-state index is 0.104. The molecule has 6 N–H and O–H groups in total. The van der Waals surface area contributed by atoms with Gasteiger partial charge in [-0.25, -0.2) is 9.59 Å². The molecule has 35 heavy (non-hydrogen) atoms. The van der Waals surface area contributed by atoms with Crippen molar-refractivity contribution in [2.24, 2.45) is 0 Å².